The highest BCUT2D eigenvalue weighted by atomic mass is 16.3. The summed E-state index contributed by atoms with van der Waals surface area (Å²) in [6.07, 6.45) is 2.59. The third-order valence-electron chi connectivity index (χ3n) is 3.16. The van der Waals surface area contributed by atoms with Crippen molar-refractivity contribution in [2.75, 3.05) is 0 Å². The Morgan fingerprint density at radius 1 is 1.20 bits per heavy atom. The number of hydrogen-bond acceptors (Lipinski definition) is 4. The number of hydrogen-bond donors (Lipinski definition) is 1. The zero-order valence-electron chi connectivity index (χ0n) is 11.1. The molecule has 6 nitrogen and oxygen atoms in total. The fraction of sp³-hybridized carbons (Fsp3) is 0.214. The van der Waals surface area contributed by atoms with Crippen LogP contribution in [0, 0.1) is 0 Å². The van der Waals surface area contributed by atoms with Gasteiger partial charge in [-0.15, -0.1) is 5.10 Å². The number of aliphatic hydroxyl groups excluding tert-OH is 1. The second-order valence-electron chi connectivity index (χ2n) is 4.61. The van der Waals surface area contributed by atoms with Gasteiger partial charge in [-0.3, -0.25) is 4.68 Å². The van der Waals surface area contributed by atoms with Crippen LogP contribution in [0.2, 0.25) is 0 Å². The molecule has 0 spiro atoms. The van der Waals surface area contributed by atoms with Crippen molar-refractivity contribution in [2.45, 2.75) is 12.6 Å². The molecule has 6 heteroatoms. The molecule has 0 saturated carbocycles. The molecule has 0 amide bonds. The van der Waals surface area contributed by atoms with Crippen molar-refractivity contribution in [1.29, 1.82) is 0 Å². The van der Waals surface area contributed by atoms with Crippen LogP contribution in [0.4, 0.5) is 0 Å². The lowest BCUT2D eigenvalue weighted by Gasteiger charge is -2.06. The first-order valence-corrected chi connectivity index (χ1v) is 6.34. The third kappa shape index (κ3) is 2.46. The fourth-order valence-corrected chi connectivity index (χ4v) is 2.09. The van der Waals surface area contributed by atoms with E-state index in [2.05, 4.69) is 15.4 Å². The molecule has 1 unspecified atom stereocenters. The Morgan fingerprint density at radius 3 is 2.70 bits per heavy atom. The van der Waals surface area contributed by atoms with E-state index in [0.717, 1.165) is 5.56 Å². The third-order valence-corrected chi connectivity index (χ3v) is 3.16. The first-order chi connectivity index (χ1) is 9.74. The minimum atomic E-state index is -0.813. The average molecular weight is 269 g/mol. The quantitative estimate of drug-likeness (QED) is 0.771. The van der Waals surface area contributed by atoms with E-state index >= 15 is 0 Å². The molecule has 0 aliphatic heterocycles. The smallest absolute Gasteiger partial charge is 0.141 e. The van der Waals surface area contributed by atoms with E-state index < -0.39 is 6.10 Å². The Morgan fingerprint density at radius 2 is 2.00 bits per heavy atom. The lowest BCUT2D eigenvalue weighted by atomic mass is 10.2. The van der Waals surface area contributed by atoms with Crippen LogP contribution in [-0.2, 0) is 13.6 Å². The van der Waals surface area contributed by atoms with Crippen LogP contribution in [0.3, 0.4) is 0 Å². The van der Waals surface area contributed by atoms with Crippen LogP contribution < -0.4 is 0 Å². The molecule has 0 bridgehead atoms. The Balaban J connectivity index is 1.79. The maximum absolute atomic E-state index is 10.3. The maximum Gasteiger partial charge on any atom is 0.141 e. The highest BCUT2D eigenvalue weighted by molar-refractivity contribution is 5.17. The summed E-state index contributed by atoms with van der Waals surface area (Å²) in [7, 11) is 1.78. The van der Waals surface area contributed by atoms with Crippen LogP contribution in [0.15, 0.2) is 48.8 Å². The summed E-state index contributed by atoms with van der Waals surface area (Å²) in [5.41, 5.74) is 2.35. The molecule has 0 saturated heterocycles. The van der Waals surface area contributed by atoms with E-state index in [0.29, 0.717) is 17.9 Å². The van der Waals surface area contributed by atoms with Gasteiger partial charge in [0.1, 0.15) is 11.8 Å². The number of benzene rings is 1. The normalized spacial score (nSPS) is 12.5. The van der Waals surface area contributed by atoms with Crippen molar-refractivity contribution < 1.29 is 5.11 Å². The van der Waals surface area contributed by atoms with E-state index in [1.54, 1.807) is 34.9 Å². The fourth-order valence-electron chi connectivity index (χ4n) is 2.09. The summed E-state index contributed by atoms with van der Waals surface area (Å²) in [4.78, 5) is 0. The molecule has 0 radical (unpaired) electrons. The molecule has 1 atom stereocenters. The summed E-state index contributed by atoms with van der Waals surface area (Å²) in [6, 6.07) is 11.8. The molecule has 0 aliphatic carbocycles. The number of aliphatic hydroxyl groups is 1. The minimum absolute atomic E-state index is 0.518. The molecule has 3 rings (SSSR count). The molecule has 0 aliphatic rings. The summed E-state index contributed by atoms with van der Waals surface area (Å²) < 4.78 is 3.34. The maximum atomic E-state index is 10.3. The van der Waals surface area contributed by atoms with Crippen LogP contribution in [0.25, 0.3) is 0 Å². The zero-order valence-corrected chi connectivity index (χ0v) is 11.1. The van der Waals surface area contributed by atoms with Gasteiger partial charge < -0.3 is 5.11 Å². The molecule has 2 heterocycles. The predicted molar refractivity (Wildman–Crippen MR) is 72.8 cm³/mol. The number of rotatable bonds is 4. The van der Waals surface area contributed by atoms with Gasteiger partial charge in [0.25, 0.3) is 0 Å². The second kappa shape index (κ2) is 5.26. The van der Waals surface area contributed by atoms with Gasteiger partial charge in [0.05, 0.1) is 18.4 Å². The van der Waals surface area contributed by atoms with Gasteiger partial charge in [-0.1, -0.05) is 35.5 Å². The predicted octanol–water partition coefficient (Wildman–Crippen LogP) is 1.14. The van der Waals surface area contributed by atoms with Crippen LogP contribution >= 0.6 is 0 Å². The largest absolute Gasteiger partial charge is 0.380 e. The van der Waals surface area contributed by atoms with E-state index in [-0.39, 0.29) is 0 Å². The summed E-state index contributed by atoms with van der Waals surface area (Å²) in [5.74, 6) is 0. The van der Waals surface area contributed by atoms with Crippen molar-refractivity contribution in [3.05, 3.63) is 65.7 Å². The molecule has 102 valence electrons. The molecular formula is C14H15N5O. The number of aryl methyl sites for hydroxylation is 1. The Kier molecular flexibility index (Phi) is 3.30. The van der Waals surface area contributed by atoms with Gasteiger partial charge in [-0.25, -0.2) is 4.68 Å². The van der Waals surface area contributed by atoms with Gasteiger partial charge in [0.2, 0.25) is 0 Å². The first kappa shape index (κ1) is 12.6. The van der Waals surface area contributed by atoms with Crippen molar-refractivity contribution >= 4 is 0 Å². The highest BCUT2D eigenvalue weighted by Crippen LogP contribution is 2.18. The average Bonchev–Trinajstić information content (AvgIpc) is 3.08. The van der Waals surface area contributed by atoms with Crippen molar-refractivity contribution in [3.8, 4) is 0 Å². The molecule has 0 fully saturated rings. The topological polar surface area (TPSA) is 68.8 Å². The minimum Gasteiger partial charge on any atom is -0.380 e. The van der Waals surface area contributed by atoms with Crippen LogP contribution in [0.5, 0.6) is 0 Å². The summed E-state index contributed by atoms with van der Waals surface area (Å²) in [5, 5.41) is 22.4. The molecule has 1 N–H and O–H groups in total. The van der Waals surface area contributed by atoms with Gasteiger partial charge in [0.15, 0.2) is 0 Å². The summed E-state index contributed by atoms with van der Waals surface area (Å²) in [6.45, 7) is 0.631. The molecule has 20 heavy (non-hydrogen) atoms. The first-order valence-electron chi connectivity index (χ1n) is 6.34. The number of nitrogens with zero attached hydrogens (tertiary/aromatic N) is 5. The van der Waals surface area contributed by atoms with Gasteiger partial charge in [-0.05, 0) is 11.6 Å². The highest BCUT2D eigenvalue weighted by Gasteiger charge is 2.17. The number of aromatic nitrogens is 5. The second-order valence-corrected chi connectivity index (χ2v) is 4.61. The molecule has 2 aromatic heterocycles. The lowest BCUT2D eigenvalue weighted by molar-refractivity contribution is 0.204. The van der Waals surface area contributed by atoms with Gasteiger partial charge in [0, 0.05) is 13.2 Å². The van der Waals surface area contributed by atoms with E-state index in [1.807, 2.05) is 30.3 Å². The Hall–Kier alpha value is -2.47. The van der Waals surface area contributed by atoms with Crippen LogP contribution in [0.1, 0.15) is 23.1 Å². The zero-order chi connectivity index (χ0) is 13.9. The van der Waals surface area contributed by atoms with Crippen LogP contribution in [-0.4, -0.2) is 29.9 Å². The monoisotopic (exact) mass is 269 g/mol. The summed E-state index contributed by atoms with van der Waals surface area (Å²) >= 11 is 0. The van der Waals surface area contributed by atoms with Gasteiger partial charge in [-0.2, -0.15) is 5.10 Å². The molecule has 3 aromatic rings. The van der Waals surface area contributed by atoms with E-state index in [4.69, 9.17) is 0 Å². The van der Waals surface area contributed by atoms with E-state index in [9.17, 15) is 5.11 Å². The lowest BCUT2D eigenvalue weighted by Crippen LogP contribution is -2.07. The SMILES string of the molecule is Cn1nccc1C(O)c1cn(Cc2ccccc2)nn1. The van der Waals surface area contributed by atoms with Crippen molar-refractivity contribution in [1.82, 2.24) is 24.8 Å². The Labute approximate surface area is 116 Å². The van der Waals surface area contributed by atoms with Gasteiger partial charge >= 0.3 is 0 Å². The van der Waals surface area contributed by atoms with Crippen molar-refractivity contribution in [2.24, 2.45) is 7.05 Å². The standard InChI is InChI=1S/C14H15N5O/c1-18-13(7-8-15-18)14(20)12-10-19(17-16-12)9-11-5-3-2-4-6-11/h2-8,10,14,20H,9H2,1H3. The molecule has 1 aromatic carbocycles. The van der Waals surface area contributed by atoms with E-state index in [1.165, 1.54) is 0 Å². The molecular weight excluding hydrogens is 254 g/mol. The van der Waals surface area contributed by atoms with Crippen molar-refractivity contribution in [3.63, 3.8) is 0 Å². The Bertz CT molecular complexity index is 688.